The number of ether oxygens (including phenoxy) is 3. The number of hydrogen-bond acceptors (Lipinski definition) is 4. The van der Waals surface area contributed by atoms with Crippen molar-refractivity contribution in [1.82, 2.24) is 0 Å². The molecule has 18 heavy (non-hydrogen) atoms. The van der Waals surface area contributed by atoms with Gasteiger partial charge in [0.25, 0.3) is 5.97 Å². The molecule has 0 aliphatic rings. The van der Waals surface area contributed by atoms with Crippen LogP contribution in [0.15, 0.2) is 0 Å². The van der Waals surface area contributed by atoms with E-state index in [2.05, 4.69) is 0 Å². The van der Waals surface area contributed by atoms with Gasteiger partial charge in [0.2, 0.25) is 0 Å². The van der Waals surface area contributed by atoms with Crippen LogP contribution in [0.25, 0.3) is 0 Å². The van der Waals surface area contributed by atoms with E-state index in [1.54, 1.807) is 21.3 Å². The van der Waals surface area contributed by atoms with Crippen LogP contribution in [0.5, 0.6) is 0 Å². The molecule has 0 saturated heterocycles. The summed E-state index contributed by atoms with van der Waals surface area (Å²) in [5.74, 6) is -0.845. The summed E-state index contributed by atoms with van der Waals surface area (Å²) < 4.78 is 20.9. The number of methoxy groups -OCH3 is 3. The minimum Gasteiger partial charge on any atom is -0.428 e. The van der Waals surface area contributed by atoms with E-state index in [9.17, 15) is 0 Å². The second-order valence-corrected chi connectivity index (χ2v) is 5.09. The lowest BCUT2D eigenvalue weighted by Gasteiger charge is -2.28. The van der Waals surface area contributed by atoms with Crippen LogP contribution in [-0.2, 0) is 18.6 Å². The first kappa shape index (κ1) is 18.1. The Hall–Kier alpha value is 0.0569. The van der Waals surface area contributed by atoms with Crippen molar-refractivity contribution in [3.05, 3.63) is 0 Å². The molecule has 0 atom stereocenters. The second-order valence-electron chi connectivity index (χ2n) is 4.51. The van der Waals surface area contributed by atoms with E-state index in [-0.39, 0.29) is 0 Å². The van der Waals surface area contributed by atoms with Gasteiger partial charge in [-0.15, -0.1) is 0 Å². The van der Waals surface area contributed by atoms with E-state index in [0.717, 1.165) is 29.9 Å². The molecule has 4 nitrogen and oxygen atoms in total. The maximum atomic E-state index is 5.25. The van der Waals surface area contributed by atoms with Crippen LogP contribution in [0.2, 0.25) is 0 Å². The molecule has 0 aromatic heterocycles. The highest BCUT2D eigenvalue weighted by molar-refractivity contribution is 5.97. The summed E-state index contributed by atoms with van der Waals surface area (Å²) in [5.41, 5.74) is 0. The maximum Gasteiger partial charge on any atom is 0.282 e. The van der Waals surface area contributed by atoms with Crippen molar-refractivity contribution in [2.75, 3.05) is 27.9 Å². The lowest BCUT2D eigenvalue weighted by Crippen LogP contribution is -2.35. The standard InChI is InChI=1S/C13H30O4Si/c1-14-13(15-2,16-3)11-9-7-5-4-6-8-10-12-17-18/h4-12H2,1-3,18H3. The fourth-order valence-electron chi connectivity index (χ4n) is 2.03. The Bertz CT molecular complexity index is 166. The summed E-state index contributed by atoms with van der Waals surface area (Å²) >= 11 is 0. The van der Waals surface area contributed by atoms with Crippen molar-refractivity contribution in [3.8, 4) is 0 Å². The SMILES string of the molecule is COC(CCCCCCCCCO[SiH3])(OC)OC. The largest absolute Gasteiger partial charge is 0.428 e. The van der Waals surface area contributed by atoms with Crippen molar-refractivity contribution in [2.45, 2.75) is 57.3 Å². The molecule has 0 bridgehead atoms. The van der Waals surface area contributed by atoms with Gasteiger partial charge in [0, 0.05) is 34.4 Å². The average molecular weight is 278 g/mol. The molecule has 0 aliphatic carbocycles. The molecule has 0 aromatic rings. The fraction of sp³-hybridized carbons (Fsp3) is 1.00. The smallest absolute Gasteiger partial charge is 0.282 e. The van der Waals surface area contributed by atoms with E-state index in [1.807, 2.05) is 0 Å². The zero-order valence-electron chi connectivity index (χ0n) is 12.5. The molecule has 0 aromatic carbocycles. The monoisotopic (exact) mass is 278 g/mol. The van der Waals surface area contributed by atoms with Gasteiger partial charge in [0.15, 0.2) is 0 Å². The lowest BCUT2D eigenvalue weighted by atomic mass is 10.1. The third-order valence-corrected chi connectivity index (χ3v) is 3.67. The molecular weight excluding hydrogens is 248 g/mol. The molecular formula is C13H30O4Si. The highest BCUT2D eigenvalue weighted by atomic mass is 28.2. The van der Waals surface area contributed by atoms with Crippen LogP contribution in [0.4, 0.5) is 0 Å². The van der Waals surface area contributed by atoms with Crippen LogP contribution < -0.4 is 0 Å². The van der Waals surface area contributed by atoms with Crippen LogP contribution in [0, 0.1) is 0 Å². The van der Waals surface area contributed by atoms with E-state index < -0.39 is 5.97 Å². The van der Waals surface area contributed by atoms with Crippen LogP contribution in [0.3, 0.4) is 0 Å². The molecule has 0 spiro atoms. The molecule has 5 heteroatoms. The normalized spacial score (nSPS) is 12.2. The van der Waals surface area contributed by atoms with Crippen LogP contribution >= 0.6 is 0 Å². The fourth-order valence-corrected chi connectivity index (χ4v) is 2.32. The molecule has 0 amide bonds. The summed E-state index contributed by atoms with van der Waals surface area (Å²) in [5, 5.41) is 0. The first-order chi connectivity index (χ1) is 8.74. The van der Waals surface area contributed by atoms with E-state index in [1.165, 1.54) is 38.5 Å². The van der Waals surface area contributed by atoms with Gasteiger partial charge < -0.3 is 18.6 Å². The highest BCUT2D eigenvalue weighted by Gasteiger charge is 2.28. The summed E-state index contributed by atoms with van der Waals surface area (Å²) in [6, 6.07) is 0. The molecule has 0 radical (unpaired) electrons. The van der Waals surface area contributed by atoms with Gasteiger partial charge in [0.1, 0.15) is 10.5 Å². The van der Waals surface area contributed by atoms with Gasteiger partial charge in [-0.3, -0.25) is 0 Å². The Labute approximate surface area is 115 Å². The van der Waals surface area contributed by atoms with Gasteiger partial charge in [-0.05, 0) is 12.8 Å². The topological polar surface area (TPSA) is 36.9 Å². The molecule has 0 aliphatic heterocycles. The van der Waals surface area contributed by atoms with Crippen molar-refractivity contribution in [2.24, 2.45) is 0 Å². The molecule has 0 rings (SSSR count). The Balaban J connectivity index is 3.38. The number of hydrogen-bond donors (Lipinski definition) is 0. The van der Waals surface area contributed by atoms with Gasteiger partial charge in [-0.1, -0.05) is 32.1 Å². The third kappa shape index (κ3) is 8.21. The summed E-state index contributed by atoms with van der Waals surface area (Å²) in [4.78, 5) is 0. The minimum atomic E-state index is -0.845. The van der Waals surface area contributed by atoms with Crippen molar-refractivity contribution >= 4 is 10.5 Å². The van der Waals surface area contributed by atoms with E-state index >= 15 is 0 Å². The van der Waals surface area contributed by atoms with Crippen molar-refractivity contribution in [3.63, 3.8) is 0 Å². The maximum absolute atomic E-state index is 5.25. The summed E-state index contributed by atoms with van der Waals surface area (Å²) in [6.07, 6.45) is 9.45. The first-order valence-electron chi connectivity index (χ1n) is 6.89. The Kier molecular flexibility index (Phi) is 12.1. The van der Waals surface area contributed by atoms with Crippen molar-refractivity contribution < 1.29 is 18.6 Å². The van der Waals surface area contributed by atoms with Gasteiger partial charge in [-0.25, -0.2) is 0 Å². The Morgan fingerprint density at radius 1 is 0.722 bits per heavy atom. The lowest BCUT2D eigenvalue weighted by molar-refractivity contribution is -0.355. The minimum absolute atomic E-state index is 0.783. The second kappa shape index (κ2) is 12.1. The quantitative estimate of drug-likeness (QED) is 0.293. The number of unbranched alkanes of at least 4 members (excludes halogenated alkanes) is 6. The predicted octanol–water partition coefficient (Wildman–Crippen LogP) is 2.00. The summed E-state index contributed by atoms with van der Waals surface area (Å²) in [7, 11) is 5.72. The van der Waals surface area contributed by atoms with E-state index in [0.29, 0.717) is 0 Å². The van der Waals surface area contributed by atoms with Gasteiger partial charge in [0.05, 0.1) is 0 Å². The molecule has 0 unspecified atom stereocenters. The Morgan fingerprint density at radius 3 is 1.61 bits per heavy atom. The zero-order valence-corrected chi connectivity index (χ0v) is 14.5. The van der Waals surface area contributed by atoms with Crippen LogP contribution in [-0.4, -0.2) is 44.4 Å². The van der Waals surface area contributed by atoms with Gasteiger partial charge in [-0.2, -0.15) is 0 Å². The summed E-state index contributed by atoms with van der Waals surface area (Å²) in [6.45, 7) is 0.949. The molecule has 0 heterocycles. The highest BCUT2D eigenvalue weighted by Crippen LogP contribution is 2.21. The van der Waals surface area contributed by atoms with E-state index in [4.69, 9.17) is 18.6 Å². The zero-order chi connectivity index (χ0) is 13.7. The third-order valence-electron chi connectivity index (χ3n) is 3.26. The van der Waals surface area contributed by atoms with Gasteiger partial charge >= 0.3 is 0 Å². The van der Waals surface area contributed by atoms with Crippen molar-refractivity contribution in [1.29, 1.82) is 0 Å². The predicted molar refractivity (Wildman–Crippen MR) is 76.6 cm³/mol. The average Bonchev–Trinajstić information content (AvgIpc) is 2.42. The Morgan fingerprint density at radius 2 is 1.17 bits per heavy atom. The van der Waals surface area contributed by atoms with Crippen LogP contribution in [0.1, 0.15) is 51.4 Å². The first-order valence-corrected chi connectivity index (χ1v) is 7.70. The molecule has 0 fully saturated rings. The molecule has 0 saturated carbocycles. The number of rotatable bonds is 13. The molecule has 0 N–H and O–H groups in total. The molecule has 110 valence electrons.